The molecule has 2 aromatic carbocycles. The Kier molecular flexibility index (Phi) is 3.27. The van der Waals surface area contributed by atoms with Crippen LogP contribution in [0.2, 0.25) is 0 Å². The first-order valence-electron chi connectivity index (χ1n) is 10.5. The summed E-state index contributed by atoms with van der Waals surface area (Å²) in [5, 5.41) is 6.78. The van der Waals surface area contributed by atoms with E-state index in [-0.39, 0.29) is 17.6 Å². The number of fused-ring (bicyclic) bond motifs is 3. The SMILES string of the molecule is O=C(NC1c2ccccc2-c2ccccc21)NC12CC3CC(CC(C3)C1)C2. The quantitative estimate of drug-likeness (QED) is 0.777. The summed E-state index contributed by atoms with van der Waals surface area (Å²) in [4.78, 5) is 13.1. The molecule has 3 heteroatoms. The third-order valence-electron chi connectivity index (χ3n) is 7.53. The number of amides is 2. The van der Waals surface area contributed by atoms with Crippen molar-refractivity contribution in [2.24, 2.45) is 17.8 Å². The lowest BCUT2D eigenvalue weighted by Crippen LogP contribution is -2.61. The molecule has 4 bridgehead atoms. The Labute approximate surface area is 160 Å². The lowest BCUT2D eigenvalue weighted by molar-refractivity contribution is -0.0136. The summed E-state index contributed by atoms with van der Waals surface area (Å²) in [7, 11) is 0. The molecule has 4 saturated carbocycles. The van der Waals surface area contributed by atoms with Crippen molar-refractivity contribution in [1.29, 1.82) is 0 Å². The summed E-state index contributed by atoms with van der Waals surface area (Å²) in [5.41, 5.74) is 4.95. The van der Waals surface area contributed by atoms with Crippen LogP contribution in [0, 0.1) is 17.8 Å². The first-order chi connectivity index (χ1) is 13.2. The van der Waals surface area contributed by atoms with Crippen molar-refractivity contribution in [2.75, 3.05) is 0 Å². The fourth-order valence-electron chi connectivity index (χ4n) is 6.98. The minimum Gasteiger partial charge on any atom is -0.333 e. The third kappa shape index (κ3) is 2.44. The monoisotopic (exact) mass is 358 g/mol. The van der Waals surface area contributed by atoms with Gasteiger partial charge in [0.15, 0.2) is 0 Å². The minimum absolute atomic E-state index is 0.00783. The lowest BCUT2D eigenvalue weighted by atomic mass is 9.53. The van der Waals surface area contributed by atoms with Gasteiger partial charge in [0, 0.05) is 5.54 Å². The van der Waals surface area contributed by atoms with Crippen molar-refractivity contribution in [3.8, 4) is 11.1 Å². The number of benzene rings is 2. The summed E-state index contributed by atoms with van der Waals surface area (Å²) in [6.07, 6.45) is 7.74. The zero-order chi connectivity index (χ0) is 18.0. The number of hydrogen-bond donors (Lipinski definition) is 2. The normalized spacial score (nSPS) is 32.8. The van der Waals surface area contributed by atoms with Crippen molar-refractivity contribution < 1.29 is 4.79 Å². The molecular formula is C24H26N2O. The molecule has 0 unspecified atom stereocenters. The van der Waals surface area contributed by atoms with Gasteiger partial charge in [-0.3, -0.25) is 0 Å². The second kappa shape index (κ2) is 5.60. The molecule has 0 heterocycles. The van der Waals surface area contributed by atoms with Gasteiger partial charge in [-0.1, -0.05) is 48.5 Å². The molecule has 0 aliphatic heterocycles. The van der Waals surface area contributed by atoms with Gasteiger partial charge in [0.2, 0.25) is 0 Å². The van der Waals surface area contributed by atoms with Crippen molar-refractivity contribution in [1.82, 2.24) is 10.6 Å². The van der Waals surface area contributed by atoms with E-state index in [1.54, 1.807) is 0 Å². The van der Waals surface area contributed by atoms with Crippen LogP contribution in [0.3, 0.4) is 0 Å². The largest absolute Gasteiger partial charge is 0.333 e. The number of nitrogens with one attached hydrogen (secondary N) is 2. The van der Waals surface area contributed by atoms with Crippen LogP contribution in [0.5, 0.6) is 0 Å². The van der Waals surface area contributed by atoms with Gasteiger partial charge in [0.25, 0.3) is 0 Å². The number of carbonyl (C=O) groups is 1. The predicted molar refractivity (Wildman–Crippen MR) is 106 cm³/mol. The first kappa shape index (κ1) is 15.7. The summed E-state index contributed by atoms with van der Waals surface area (Å²) < 4.78 is 0. The van der Waals surface area contributed by atoms with E-state index in [9.17, 15) is 4.79 Å². The summed E-state index contributed by atoms with van der Waals surface area (Å²) in [5.74, 6) is 2.51. The Morgan fingerprint density at radius 1 is 0.778 bits per heavy atom. The van der Waals surface area contributed by atoms with Crippen molar-refractivity contribution in [3.05, 3.63) is 59.7 Å². The highest BCUT2D eigenvalue weighted by atomic mass is 16.2. The van der Waals surface area contributed by atoms with Crippen LogP contribution in [0.1, 0.15) is 55.7 Å². The van der Waals surface area contributed by atoms with Gasteiger partial charge >= 0.3 is 6.03 Å². The molecule has 27 heavy (non-hydrogen) atoms. The molecular weight excluding hydrogens is 332 g/mol. The maximum atomic E-state index is 13.1. The maximum absolute atomic E-state index is 13.1. The Bertz CT molecular complexity index is 837. The molecule has 5 aliphatic carbocycles. The second-order valence-corrected chi connectivity index (χ2v) is 9.40. The third-order valence-corrected chi connectivity index (χ3v) is 7.53. The van der Waals surface area contributed by atoms with Gasteiger partial charge < -0.3 is 10.6 Å². The summed E-state index contributed by atoms with van der Waals surface area (Å²) >= 11 is 0. The van der Waals surface area contributed by atoms with E-state index in [1.807, 2.05) is 0 Å². The molecule has 2 amide bonds. The molecule has 0 saturated heterocycles. The second-order valence-electron chi connectivity index (χ2n) is 9.40. The van der Waals surface area contributed by atoms with Crippen molar-refractivity contribution in [2.45, 2.75) is 50.1 Å². The number of urea groups is 1. The van der Waals surface area contributed by atoms with E-state index in [0.29, 0.717) is 0 Å². The predicted octanol–water partition coefficient (Wildman–Crippen LogP) is 5.02. The molecule has 0 aromatic heterocycles. The first-order valence-corrected chi connectivity index (χ1v) is 10.5. The maximum Gasteiger partial charge on any atom is 0.315 e. The van der Waals surface area contributed by atoms with Gasteiger partial charge in [-0.15, -0.1) is 0 Å². The highest BCUT2D eigenvalue weighted by molar-refractivity contribution is 5.83. The Hall–Kier alpha value is -2.29. The highest BCUT2D eigenvalue weighted by Crippen LogP contribution is 2.55. The van der Waals surface area contributed by atoms with Crippen LogP contribution < -0.4 is 10.6 Å². The molecule has 2 aromatic rings. The van der Waals surface area contributed by atoms with Crippen LogP contribution in [-0.2, 0) is 0 Å². The average Bonchev–Trinajstić information content (AvgIpc) is 2.94. The van der Waals surface area contributed by atoms with Crippen LogP contribution in [0.15, 0.2) is 48.5 Å². The molecule has 0 spiro atoms. The summed E-state index contributed by atoms with van der Waals surface area (Å²) in [6, 6.07) is 16.9. The number of hydrogen-bond acceptors (Lipinski definition) is 1. The van der Waals surface area contributed by atoms with Crippen LogP contribution in [0.25, 0.3) is 11.1 Å². The highest BCUT2D eigenvalue weighted by Gasteiger charge is 2.51. The van der Waals surface area contributed by atoms with Gasteiger partial charge in [0.05, 0.1) is 6.04 Å². The Morgan fingerprint density at radius 2 is 1.26 bits per heavy atom. The topological polar surface area (TPSA) is 41.1 Å². The van der Waals surface area contributed by atoms with Crippen molar-refractivity contribution in [3.63, 3.8) is 0 Å². The Balaban J connectivity index is 1.26. The molecule has 3 nitrogen and oxygen atoms in total. The van der Waals surface area contributed by atoms with Crippen LogP contribution in [0.4, 0.5) is 4.79 Å². The molecule has 5 aliphatic rings. The fraction of sp³-hybridized carbons (Fsp3) is 0.458. The van der Waals surface area contributed by atoms with Gasteiger partial charge in [0.1, 0.15) is 0 Å². The van der Waals surface area contributed by atoms with E-state index in [0.717, 1.165) is 17.8 Å². The van der Waals surface area contributed by atoms with E-state index in [2.05, 4.69) is 59.2 Å². The molecule has 4 fully saturated rings. The molecule has 0 atom stereocenters. The van der Waals surface area contributed by atoms with E-state index in [4.69, 9.17) is 0 Å². The lowest BCUT2D eigenvalue weighted by Gasteiger charge is -2.56. The molecule has 0 radical (unpaired) electrons. The molecule has 138 valence electrons. The minimum atomic E-state index is -0.0497. The number of rotatable bonds is 2. The standard InChI is InChI=1S/C24H26N2O/c27-23(26-24-12-15-9-16(13-24)11-17(10-15)14-24)25-22-20-7-3-1-5-18(20)19-6-2-4-8-21(19)22/h1-8,15-17,22H,9-14H2,(H2,25,26,27). The van der Waals surface area contributed by atoms with Crippen LogP contribution in [-0.4, -0.2) is 11.6 Å². The zero-order valence-corrected chi connectivity index (χ0v) is 15.6. The van der Waals surface area contributed by atoms with Gasteiger partial charge in [-0.2, -0.15) is 0 Å². The van der Waals surface area contributed by atoms with Gasteiger partial charge in [-0.05, 0) is 78.5 Å². The van der Waals surface area contributed by atoms with Crippen molar-refractivity contribution >= 4 is 6.03 Å². The summed E-state index contributed by atoms with van der Waals surface area (Å²) in [6.45, 7) is 0. The molecule has 7 rings (SSSR count). The van der Waals surface area contributed by atoms with E-state index >= 15 is 0 Å². The van der Waals surface area contributed by atoms with Crippen LogP contribution >= 0.6 is 0 Å². The van der Waals surface area contributed by atoms with E-state index in [1.165, 1.54) is 60.8 Å². The smallest absolute Gasteiger partial charge is 0.315 e. The molecule has 2 N–H and O–H groups in total. The Morgan fingerprint density at radius 3 is 1.78 bits per heavy atom. The van der Waals surface area contributed by atoms with Gasteiger partial charge in [-0.25, -0.2) is 4.79 Å². The van der Waals surface area contributed by atoms with E-state index < -0.39 is 0 Å². The fourth-order valence-corrected chi connectivity index (χ4v) is 6.98. The number of carbonyl (C=O) groups excluding carboxylic acids is 1. The average molecular weight is 358 g/mol. The zero-order valence-electron chi connectivity index (χ0n) is 15.6.